The third-order valence-electron chi connectivity index (χ3n) is 6.03. The Balaban J connectivity index is 1.42. The molecule has 0 saturated heterocycles. The van der Waals surface area contributed by atoms with Gasteiger partial charge in [0.1, 0.15) is 17.7 Å². The summed E-state index contributed by atoms with van der Waals surface area (Å²) in [5.41, 5.74) is 3.48. The van der Waals surface area contributed by atoms with Gasteiger partial charge in [-0.25, -0.2) is 13.1 Å². The van der Waals surface area contributed by atoms with Gasteiger partial charge in [-0.3, -0.25) is 9.59 Å². The van der Waals surface area contributed by atoms with E-state index in [1.165, 1.54) is 18.6 Å². The van der Waals surface area contributed by atoms with Crippen molar-refractivity contribution in [1.29, 1.82) is 0 Å². The number of furan rings is 1. The van der Waals surface area contributed by atoms with Crippen LogP contribution in [0, 0.1) is 13.8 Å². The summed E-state index contributed by atoms with van der Waals surface area (Å²) in [5, 5.41) is 4.41. The Kier molecular flexibility index (Phi) is 8.89. The molecule has 0 aliphatic heterocycles. The molecular weight excluding hydrogens is 565 g/mol. The Labute approximate surface area is 235 Å². The van der Waals surface area contributed by atoms with Gasteiger partial charge >= 0.3 is 0 Å². The molecule has 0 bridgehead atoms. The topological polar surface area (TPSA) is 130 Å². The second kappa shape index (κ2) is 12.1. The second-order valence-electron chi connectivity index (χ2n) is 9.01. The van der Waals surface area contributed by atoms with E-state index in [9.17, 15) is 18.0 Å². The van der Waals surface area contributed by atoms with Gasteiger partial charge in [0.2, 0.25) is 10.0 Å². The van der Waals surface area contributed by atoms with Crippen LogP contribution in [-0.4, -0.2) is 44.1 Å². The van der Waals surface area contributed by atoms with E-state index in [1.54, 1.807) is 18.2 Å². The van der Waals surface area contributed by atoms with Crippen molar-refractivity contribution in [2.24, 2.45) is 0 Å². The number of aromatic amines is 1. The fraction of sp³-hybridized carbons (Fsp3) is 0.259. The molecule has 0 spiro atoms. The van der Waals surface area contributed by atoms with E-state index < -0.39 is 27.6 Å². The maximum atomic E-state index is 13.1. The number of halogens is 2. The van der Waals surface area contributed by atoms with Crippen LogP contribution in [0.15, 0.2) is 53.3 Å². The predicted octanol–water partition coefficient (Wildman–Crippen LogP) is 5.19. The fourth-order valence-corrected chi connectivity index (χ4v) is 5.29. The first-order valence-corrected chi connectivity index (χ1v) is 14.5. The summed E-state index contributed by atoms with van der Waals surface area (Å²) in [4.78, 5) is 28.1. The molecular formula is C27H27Cl2N3O6S. The molecule has 206 valence electrons. The van der Waals surface area contributed by atoms with Gasteiger partial charge in [0.25, 0.3) is 11.8 Å². The van der Waals surface area contributed by atoms with Crippen molar-refractivity contribution in [2.75, 3.05) is 18.9 Å². The van der Waals surface area contributed by atoms with Crippen molar-refractivity contribution in [3.05, 3.63) is 86.9 Å². The number of H-pyrrole nitrogens is 1. The van der Waals surface area contributed by atoms with Gasteiger partial charge in [-0.15, -0.1) is 0 Å². The van der Waals surface area contributed by atoms with E-state index in [0.29, 0.717) is 46.3 Å². The predicted molar refractivity (Wildman–Crippen MR) is 150 cm³/mol. The largest absolute Gasteiger partial charge is 0.494 e. The lowest BCUT2D eigenvalue weighted by Crippen LogP contribution is -2.37. The molecule has 0 saturated carbocycles. The summed E-state index contributed by atoms with van der Waals surface area (Å²) in [6.07, 6.45) is 3.58. The third kappa shape index (κ3) is 7.14. The molecule has 2 aromatic carbocycles. The SMILES string of the molecule is Cc1cc(OCCCc2c(C(=O)NS(=O)(=O)CCNC(=O)c3ccoc3)[nH]c3cc(Cl)ccc23)cc(C)c1Cl. The van der Waals surface area contributed by atoms with Crippen molar-refractivity contribution in [2.45, 2.75) is 26.7 Å². The Morgan fingerprint density at radius 1 is 1.05 bits per heavy atom. The molecule has 4 rings (SSSR count). The van der Waals surface area contributed by atoms with Gasteiger partial charge in [-0.1, -0.05) is 29.3 Å². The number of benzene rings is 2. The number of fused-ring (bicyclic) bond motifs is 1. The van der Waals surface area contributed by atoms with E-state index in [1.807, 2.05) is 26.0 Å². The van der Waals surface area contributed by atoms with Crippen LogP contribution in [0.25, 0.3) is 10.9 Å². The first-order chi connectivity index (χ1) is 18.5. The summed E-state index contributed by atoms with van der Waals surface area (Å²) < 4.78 is 38.0. The van der Waals surface area contributed by atoms with Crippen LogP contribution in [0.3, 0.4) is 0 Å². The molecule has 2 amide bonds. The van der Waals surface area contributed by atoms with Crippen LogP contribution in [0.1, 0.15) is 44.0 Å². The molecule has 0 atom stereocenters. The van der Waals surface area contributed by atoms with Crippen molar-refractivity contribution in [3.63, 3.8) is 0 Å². The Morgan fingerprint density at radius 2 is 1.79 bits per heavy atom. The van der Waals surface area contributed by atoms with Gasteiger partial charge in [0, 0.05) is 27.5 Å². The normalized spacial score (nSPS) is 11.5. The first-order valence-electron chi connectivity index (χ1n) is 12.1. The minimum Gasteiger partial charge on any atom is -0.494 e. The molecule has 12 heteroatoms. The number of carbonyl (C=O) groups excluding carboxylic acids is 2. The monoisotopic (exact) mass is 591 g/mol. The first kappa shape index (κ1) is 28.5. The average molecular weight is 593 g/mol. The van der Waals surface area contributed by atoms with Gasteiger partial charge in [0.05, 0.1) is 24.2 Å². The number of amides is 2. The number of ether oxygens (including phenoxy) is 1. The van der Waals surface area contributed by atoms with Crippen molar-refractivity contribution in [3.8, 4) is 5.75 Å². The molecule has 2 aromatic heterocycles. The van der Waals surface area contributed by atoms with Gasteiger partial charge in [-0.05, 0) is 73.7 Å². The van der Waals surface area contributed by atoms with E-state index in [-0.39, 0.29) is 17.8 Å². The molecule has 0 aliphatic rings. The van der Waals surface area contributed by atoms with Crippen LogP contribution in [0.5, 0.6) is 5.75 Å². The zero-order valence-corrected chi connectivity index (χ0v) is 23.6. The molecule has 0 radical (unpaired) electrons. The van der Waals surface area contributed by atoms with Gasteiger partial charge in [0.15, 0.2) is 0 Å². The molecule has 0 fully saturated rings. The molecule has 9 nitrogen and oxygen atoms in total. The zero-order valence-electron chi connectivity index (χ0n) is 21.3. The summed E-state index contributed by atoms with van der Waals surface area (Å²) in [7, 11) is -4.05. The van der Waals surface area contributed by atoms with Crippen LogP contribution < -0.4 is 14.8 Å². The summed E-state index contributed by atoms with van der Waals surface area (Å²) in [6.45, 7) is 4.00. The van der Waals surface area contributed by atoms with Crippen molar-refractivity contribution < 1.29 is 27.2 Å². The average Bonchev–Trinajstić information content (AvgIpc) is 3.53. The van der Waals surface area contributed by atoms with Gasteiger partial charge in [-0.2, -0.15) is 0 Å². The highest BCUT2D eigenvalue weighted by Gasteiger charge is 2.22. The Hall–Kier alpha value is -3.47. The highest BCUT2D eigenvalue weighted by Crippen LogP contribution is 2.28. The van der Waals surface area contributed by atoms with Crippen molar-refractivity contribution >= 4 is 55.9 Å². The van der Waals surface area contributed by atoms with Crippen molar-refractivity contribution in [1.82, 2.24) is 15.0 Å². The number of hydrogen-bond acceptors (Lipinski definition) is 6. The standard InChI is InChI=1S/C27H27Cl2N3O6S/c1-16-12-20(13-17(2)24(16)29)38-9-3-4-22-21-6-5-19(28)14-23(21)31-25(22)27(34)32-39(35,36)11-8-30-26(33)18-7-10-37-15-18/h5-7,10,12-15,31H,3-4,8-9,11H2,1-2H3,(H,30,33)(H,32,34). The quantitative estimate of drug-likeness (QED) is 0.206. The number of rotatable bonds is 11. The van der Waals surface area contributed by atoms with E-state index in [4.69, 9.17) is 32.4 Å². The molecule has 2 heterocycles. The number of aryl methyl sites for hydroxylation is 3. The smallest absolute Gasteiger partial charge is 0.281 e. The molecule has 4 aromatic rings. The molecule has 0 aliphatic carbocycles. The van der Waals surface area contributed by atoms with E-state index >= 15 is 0 Å². The van der Waals surface area contributed by atoms with E-state index in [2.05, 4.69) is 15.0 Å². The third-order valence-corrected chi connectivity index (χ3v) is 8.10. The lowest BCUT2D eigenvalue weighted by molar-refractivity contribution is 0.0954. The van der Waals surface area contributed by atoms with Crippen LogP contribution in [-0.2, 0) is 16.4 Å². The van der Waals surface area contributed by atoms with E-state index in [0.717, 1.165) is 16.5 Å². The highest BCUT2D eigenvalue weighted by atomic mass is 35.5. The number of aromatic nitrogens is 1. The van der Waals surface area contributed by atoms with Crippen LogP contribution in [0.4, 0.5) is 0 Å². The summed E-state index contributed by atoms with van der Waals surface area (Å²) in [5.74, 6) is -1.07. The maximum Gasteiger partial charge on any atom is 0.281 e. The van der Waals surface area contributed by atoms with Crippen LogP contribution >= 0.6 is 23.2 Å². The van der Waals surface area contributed by atoms with Gasteiger partial charge < -0.3 is 19.5 Å². The zero-order chi connectivity index (χ0) is 28.2. The molecule has 0 unspecified atom stereocenters. The highest BCUT2D eigenvalue weighted by molar-refractivity contribution is 7.90. The number of nitrogens with one attached hydrogen (secondary N) is 3. The van der Waals surface area contributed by atoms with Crippen LogP contribution in [0.2, 0.25) is 10.0 Å². The number of carbonyl (C=O) groups is 2. The number of sulfonamides is 1. The molecule has 3 N–H and O–H groups in total. The molecule has 39 heavy (non-hydrogen) atoms. The Bertz CT molecular complexity index is 1590. The summed E-state index contributed by atoms with van der Waals surface area (Å²) >= 11 is 12.4. The minimum absolute atomic E-state index is 0.122. The maximum absolute atomic E-state index is 13.1. The Morgan fingerprint density at radius 3 is 2.49 bits per heavy atom. The fourth-order valence-electron chi connectivity index (χ4n) is 4.15. The lowest BCUT2D eigenvalue weighted by atomic mass is 10.1. The summed E-state index contributed by atoms with van der Waals surface area (Å²) in [6, 6.07) is 10.4. The second-order valence-corrected chi connectivity index (χ2v) is 11.7. The number of hydrogen-bond donors (Lipinski definition) is 3. The minimum atomic E-state index is -4.05. The lowest BCUT2D eigenvalue weighted by Gasteiger charge is -2.11.